The predicted octanol–water partition coefficient (Wildman–Crippen LogP) is 5.63. The molecule has 23 heavy (non-hydrogen) atoms. The Morgan fingerprint density at radius 2 is 1.30 bits per heavy atom. The van der Waals surface area contributed by atoms with Crippen LogP contribution in [-0.4, -0.2) is 35.1 Å². The number of carboxylic acids is 1. The van der Waals surface area contributed by atoms with Crippen LogP contribution in [0.4, 0.5) is 0 Å². The van der Waals surface area contributed by atoms with Gasteiger partial charge in [0.05, 0.1) is 0 Å². The maximum atomic E-state index is 11.6. The second-order valence-corrected chi connectivity index (χ2v) is 7.27. The van der Waals surface area contributed by atoms with Crippen molar-refractivity contribution in [3.05, 3.63) is 0 Å². The first-order valence-electron chi connectivity index (χ1n) is 10.2. The topological polar surface area (TPSA) is 40.5 Å². The first-order chi connectivity index (χ1) is 11.3. The van der Waals surface area contributed by atoms with Crippen molar-refractivity contribution < 1.29 is 9.90 Å². The standard InChI is InChI=1S/C20H39NO2/c1-2-3-4-5-6-7-8-9-10-13-16-19(20(22)23)21-17-14-11-12-15-18-21/h19H,2-18H2,1H3,(H,22,23). The van der Waals surface area contributed by atoms with Gasteiger partial charge in [-0.15, -0.1) is 0 Å². The molecule has 1 fully saturated rings. The van der Waals surface area contributed by atoms with E-state index in [0.29, 0.717) is 0 Å². The van der Waals surface area contributed by atoms with Crippen LogP contribution < -0.4 is 0 Å². The van der Waals surface area contributed by atoms with Crippen LogP contribution in [0.3, 0.4) is 0 Å². The van der Waals surface area contributed by atoms with E-state index in [2.05, 4.69) is 11.8 Å². The average Bonchev–Trinajstić information content (AvgIpc) is 2.81. The fourth-order valence-corrected chi connectivity index (χ4v) is 3.69. The minimum atomic E-state index is -0.608. The average molecular weight is 326 g/mol. The zero-order chi connectivity index (χ0) is 16.8. The Morgan fingerprint density at radius 3 is 1.78 bits per heavy atom. The van der Waals surface area contributed by atoms with E-state index in [1.165, 1.54) is 83.5 Å². The highest BCUT2D eigenvalue weighted by molar-refractivity contribution is 5.73. The lowest BCUT2D eigenvalue weighted by molar-refractivity contribution is -0.143. The van der Waals surface area contributed by atoms with Gasteiger partial charge in [-0.2, -0.15) is 0 Å². The second kappa shape index (κ2) is 13.8. The Morgan fingerprint density at radius 1 is 0.826 bits per heavy atom. The number of nitrogens with zero attached hydrogens (tertiary/aromatic N) is 1. The molecule has 0 amide bonds. The van der Waals surface area contributed by atoms with Crippen LogP contribution in [0, 0.1) is 0 Å². The Bertz CT molecular complexity index is 285. The van der Waals surface area contributed by atoms with E-state index in [9.17, 15) is 9.90 Å². The fraction of sp³-hybridized carbons (Fsp3) is 0.950. The molecule has 3 nitrogen and oxygen atoms in total. The van der Waals surface area contributed by atoms with Gasteiger partial charge in [0.2, 0.25) is 0 Å². The van der Waals surface area contributed by atoms with E-state index in [4.69, 9.17) is 0 Å². The molecule has 1 saturated heterocycles. The molecule has 0 spiro atoms. The van der Waals surface area contributed by atoms with E-state index in [0.717, 1.165) is 25.9 Å². The molecule has 0 aromatic carbocycles. The van der Waals surface area contributed by atoms with E-state index in [-0.39, 0.29) is 6.04 Å². The van der Waals surface area contributed by atoms with Crippen LogP contribution in [0.5, 0.6) is 0 Å². The first kappa shape index (κ1) is 20.5. The Kier molecular flexibility index (Phi) is 12.3. The molecule has 1 atom stereocenters. The highest BCUT2D eigenvalue weighted by atomic mass is 16.4. The third-order valence-corrected chi connectivity index (χ3v) is 5.20. The van der Waals surface area contributed by atoms with Crippen molar-refractivity contribution in [1.82, 2.24) is 4.90 Å². The van der Waals surface area contributed by atoms with Gasteiger partial charge in [0.25, 0.3) is 0 Å². The molecule has 1 heterocycles. The quantitative estimate of drug-likeness (QED) is 0.446. The highest BCUT2D eigenvalue weighted by Gasteiger charge is 2.25. The molecule has 1 aliphatic heterocycles. The lowest BCUT2D eigenvalue weighted by Gasteiger charge is -2.27. The van der Waals surface area contributed by atoms with Crippen LogP contribution in [0.1, 0.15) is 103 Å². The summed E-state index contributed by atoms with van der Waals surface area (Å²) in [5.41, 5.74) is 0. The monoisotopic (exact) mass is 325 g/mol. The lowest BCUT2D eigenvalue weighted by atomic mass is 10.0. The molecular weight excluding hydrogens is 286 g/mol. The molecule has 0 radical (unpaired) electrons. The van der Waals surface area contributed by atoms with Crippen LogP contribution in [0.2, 0.25) is 0 Å². The Balaban J connectivity index is 2.05. The summed E-state index contributed by atoms with van der Waals surface area (Å²) < 4.78 is 0. The van der Waals surface area contributed by atoms with E-state index in [1.54, 1.807) is 0 Å². The highest BCUT2D eigenvalue weighted by Crippen LogP contribution is 2.18. The number of hydrogen-bond donors (Lipinski definition) is 1. The van der Waals surface area contributed by atoms with Gasteiger partial charge in [-0.25, -0.2) is 0 Å². The van der Waals surface area contributed by atoms with Gasteiger partial charge in [0, 0.05) is 0 Å². The van der Waals surface area contributed by atoms with Gasteiger partial charge in [0.15, 0.2) is 0 Å². The van der Waals surface area contributed by atoms with Gasteiger partial charge in [-0.05, 0) is 32.4 Å². The normalized spacial score (nSPS) is 17.8. The van der Waals surface area contributed by atoms with Gasteiger partial charge >= 0.3 is 5.97 Å². The van der Waals surface area contributed by atoms with Crippen molar-refractivity contribution in [3.8, 4) is 0 Å². The SMILES string of the molecule is CCCCCCCCCCCCC(C(=O)O)N1CCCCCC1. The minimum absolute atomic E-state index is 0.234. The van der Waals surface area contributed by atoms with Crippen molar-refractivity contribution in [2.45, 2.75) is 109 Å². The Hall–Kier alpha value is -0.570. The fourth-order valence-electron chi connectivity index (χ4n) is 3.69. The number of hydrogen-bond acceptors (Lipinski definition) is 2. The molecule has 0 bridgehead atoms. The molecule has 1 aliphatic rings. The number of carboxylic acid groups (broad SMARTS) is 1. The largest absolute Gasteiger partial charge is 0.480 e. The zero-order valence-corrected chi connectivity index (χ0v) is 15.4. The summed E-state index contributed by atoms with van der Waals surface area (Å²) in [6.07, 6.45) is 18.8. The molecule has 3 heteroatoms. The summed E-state index contributed by atoms with van der Waals surface area (Å²) in [6, 6.07) is -0.234. The molecular formula is C20H39NO2. The molecule has 1 N–H and O–H groups in total. The van der Waals surface area contributed by atoms with Crippen molar-refractivity contribution in [2.75, 3.05) is 13.1 Å². The van der Waals surface area contributed by atoms with Crippen LogP contribution in [-0.2, 0) is 4.79 Å². The zero-order valence-electron chi connectivity index (χ0n) is 15.4. The summed E-state index contributed by atoms with van der Waals surface area (Å²) in [7, 11) is 0. The second-order valence-electron chi connectivity index (χ2n) is 7.27. The molecule has 0 aliphatic carbocycles. The summed E-state index contributed by atoms with van der Waals surface area (Å²) in [6.45, 7) is 4.22. The predicted molar refractivity (Wildman–Crippen MR) is 97.9 cm³/mol. The maximum absolute atomic E-state index is 11.6. The smallest absolute Gasteiger partial charge is 0.320 e. The van der Waals surface area contributed by atoms with E-state index >= 15 is 0 Å². The van der Waals surface area contributed by atoms with Gasteiger partial charge in [-0.1, -0.05) is 84.0 Å². The van der Waals surface area contributed by atoms with Gasteiger partial charge < -0.3 is 5.11 Å². The summed E-state index contributed by atoms with van der Waals surface area (Å²) in [5, 5.41) is 9.52. The third-order valence-electron chi connectivity index (χ3n) is 5.20. The molecule has 0 aromatic rings. The van der Waals surface area contributed by atoms with E-state index in [1.807, 2.05) is 0 Å². The van der Waals surface area contributed by atoms with Crippen molar-refractivity contribution in [2.24, 2.45) is 0 Å². The molecule has 0 aromatic heterocycles. The van der Waals surface area contributed by atoms with Gasteiger partial charge in [0.1, 0.15) is 6.04 Å². The van der Waals surface area contributed by atoms with Crippen molar-refractivity contribution >= 4 is 5.97 Å². The first-order valence-corrected chi connectivity index (χ1v) is 10.2. The van der Waals surface area contributed by atoms with Crippen LogP contribution >= 0.6 is 0 Å². The summed E-state index contributed by atoms with van der Waals surface area (Å²) >= 11 is 0. The number of likely N-dealkylation sites (tertiary alicyclic amines) is 1. The number of rotatable bonds is 13. The van der Waals surface area contributed by atoms with Crippen LogP contribution in [0.25, 0.3) is 0 Å². The molecule has 1 rings (SSSR count). The van der Waals surface area contributed by atoms with Crippen molar-refractivity contribution in [1.29, 1.82) is 0 Å². The number of aliphatic carboxylic acids is 1. The maximum Gasteiger partial charge on any atom is 0.320 e. The number of unbranched alkanes of at least 4 members (excludes halogenated alkanes) is 9. The van der Waals surface area contributed by atoms with Crippen molar-refractivity contribution in [3.63, 3.8) is 0 Å². The molecule has 1 unspecified atom stereocenters. The Labute approximate surface area is 143 Å². The third kappa shape index (κ3) is 10.0. The van der Waals surface area contributed by atoms with Gasteiger partial charge in [-0.3, -0.25) is 9.69 Å². The number of carbonyl (C=O) groups is 1. The lowest BCUT2D eigenvalue weighted by Crippen LogP contribution is -2.41. The van der Waals surface area contributed by atoms with Crippen LogP contribution in [0.15, 0.2) is 0 Å². The minimum Gasteiger partial charge on any atom is -0.480 e. The summed E-state index contributed by atoms with van der Waals surface area (Å²) in [5.74, 6) is -0.608. The molecule has 136 valence electrons. The summed E-state index contributed by atoms with van der Waals surface area (Å²) in [4.78, 5) is 13.8. The van der Waals surface area contributed by atoms with E-state index < -0.39 is 5.97 Å². The molecule has 0 saturated carbocycles.